The fourth-order valence-corrected chi connectivity index (χ4v) is 2.32. The van der Waals surface area contributed by atoms with Crippen LogP contribution >= 0.6 is 34.8 Å². The van der Waals surface area contributed by atoms with Crippen LogP contribution < -0.4 is 0 Å². The summed E-state index contributed by atoms with van der Waals surface area (Å²) >= 11 is 17.8. The highest BCUT2D eigenvalue weighted by atomic mass is 35.5. The van der Waals surface area contributed by atoms with Crippen LogP contribution in [0.2, 0.25) is 15.1 Å². The van der Waals surface area contributed by atoms with Gasteiger partial charge >= 0.3 is 0 Å². The van der Waals surface area contributed by atoms with Crippen LogP contribution in [0.4, 0.5) is 0 Å². The first-order valence-electron chi connectivity index (χ1n) is 4.81. The number of benzene rings is 1. The van der Waals surface area contributed by atoms with Gasteiger partial charge in [0.05, 0.1) is 11.6 Å². The summed E-state index contributed by atoms with van der Waals surface area (Å²) in [7, 11) is 0. The number of hydrogen-bond donors (Lipinski definition) is 1. The van der Waals surface area contributed by atoms with Crippen molar-refractivity contribution in [3.63, 3.8) is 0 Å². The van der Waals surface area contributed by atoms with Gasteiger partial charge in [-0.2, -0.15) is 0 Å². The summed E-state index contributed by atoms with van der Waals surface area (Å²) in [6.07, 6.45) is 3.11. The van der Waals surface area contributed by atoms with Gasteiger partial charge in [-0.25, -0.2) is 0 Å². The molecule has 0 saturated heterocycles. The topological polar surface area (TPSA) is 33.1 Å². The molecule has 0 fully saturated rings. The number of rotatable bonds is 2. The summed E-state index contributed by atoms with van der Waals surface area (Å²) < 4.78 is 0. The average Bonchev–Trinajstić information content (AvgIpc) is 2.27. The lowest BCUT2D eigenvalue weighted by molar-refractivity contribution is 0.282. The zero-order valence-electron chi connectivity index (χ0n) is 8.62. The fourth-order valence-electron chi connectivity index (χ4n) is 1.58. The van der Waals surface area contributed by atoms with Gasteiger partial charge in [-0.05, 0) is 23.8 Å². The van der Waals surface area contributed by atoms with Gasteiger partial charge in [0.15, 0.2) is 0 Å². The average molecular weight is 289 g/mol. The second-order valence-corrected chi connectivity index (χ2v) is 4.74. The molecule has 1 aromatic carbocycles. The highest BCUT2D eigenvalue weighted by Gasteiger charge is 2.10. The molecule has 0 unspecified atom stereocenters. The van der Waals surface area contributed by atoms with Crippen LogP contribution in [0.15, 0.2) is 30.6 Å². The van der Waals surface area contributed by atoms with Crippen molar-refractivity contribution in [3.05, 3.63) is 51.2 Å². The van der Waals surface area contributed by atoms with E-state index < -0.39 is 0 Å². The molecule has 0 radical (unpaired) electrons. The van der Waals surface area contributed by atoms with E-state index in [0.29, 0.717) is 20.6 Å². The molecule has 0 aliphatic rings. The summed E-state index contributed by atoms with van der Waals surface area (Å²) in [5.74, 6) is 0. The first kappa shape index (κ1) is 12.7. The Morgan fingerprint density at radius 1 is 1.00 bits per heavy atom. The van der Waals surface area contributed by atoms with Gasteiger partial charge in [0.25, 0.3) is 0 Å². The normalized spacial score (nSPS) is 10.6. The third-order valence-electron chi connectivity index (χ3n) is 2.34. The van der Waals surface area contributed by atoms with E-state index in [1.165, 1.54) is 6.20 Å². The molecule has 0 bridgehead atoms. The predicted molar refractivity (Wildman–Crippen MR) is 70.6 cm³/mol. The summed E-state index contributed by atoms with van der Waals surface area (Å²) in [5.41, 5.74) is 2.12. The quantitative estimate of drug-likeness (QED) is 0.898. The third kappa shape index (κ3) is 2.72. The number of pyridine rings is 1. The van der Waals surface area contributed by atoms with E-state index >= 15 is 0 Å². The van der Waals surface area contributed by atoms with Crippen molar-refractivity contribution >= 4 is 34.8 Å². The largest absolute Gasteiger partial charge is 0.392 e. The summed E-state index contributed by atoms with van der Waals surface area (Å²) in [5, 5.41) is 10.8. The second-order valence-electron chi connectivity index (χ2n) is 3.46. The summed E-state index contributed by atoms with van der Waals surface area (Å²) in [6, 6.07) is 5.14. The van der Waals surface area contributed by atoms with Crippen molar-refractivity contribution in [2.45, 2.75) is 6.61 Å². The molecular formula is C12H8Cl3NO. The molecule has 17 heavy (non-hydrogen) atoms. The van der Waals surface area contributed by atoms with Crippen molar-refractivity contribution in [1.82, 2.24) is 4.98 Å². The van der Waals surface area contributed by atoms with Gasteiger partial charge in [0, 0.05) is 33.6 Å². The number of aromatic nitrogens is 1. The molecule has 88 valence electrons. The molecule has 2 rings (SSSR count). The zero-order valence-corrected chi connectivity index (χ0v) is 10.9. The van der Waals surface area contributed by atoms with E-state index in [0.717, 1.165) is 11.1 Å². The van der Waals surface area contributed by atoms with Crippen molar-refractivity contribution < 1.29 is 5.11 Å². The first-order valence-corrected chi connectivity index (χ1v) is 5.95. The molecule has 0 saturated carbocycles. The van der Waals surface area contributed by atoms with Crippen molar-refractivity contribution in [3.8, 4) is 11.1 Å². The molecular weight excluding hydrogens is 280 g/mol. The summed E-state index contributed by atoms with van der Waals surface area (Å²) in [4.78, 5) is 4.00. The van der Waals surface area contributed by atoms with Crippen molar-refractivity contribution in [2.24, 2.45) is 0 Å². The third-order valence-corrected chi connectivity index (χ3v) is 3.10. The van der Waals surface area contributed by atoms with E-state index in [9.17, 15) is 5.11 Å². The van der Waals surface area contributed by atoms with Gasteiger partial charge < -0.3 is 5.11 Å². The fraction of sp³-hybridized carbons (Fsp3) is 0.0833. The lowest BCUT2D eigenvalue weighted by Gasteiger charge is -2.09. The zero-order chi connectivity index (χ0) is 12.4. The second kappa shape index (κ2) is 5.23. The standard InChI is InChI=1S/C12H8Cl3NO/c13-8-1-7(2-9(14)3-8)10-4-16-5-12(15)11(10)6-17/h1-5,17H,6H2. The van der Waals surface area contributed by atoms with E-state index in [-0.39, 0.29) is 6.61 Å². The van der Waals surface area contributed by atoms with Crippen LogP contribution in [0.1, 0.15) is 5.56 Å². The van der Waals surface area contributed by atoms with Gasteiger partial charge in [-0.1, -0.05) is 34.8 Å². The van der Waals surface area contributed by atoms with Gasteiger partial charge in [-0.15, -0.1) is 0 Å². The Kier molecular flexibility index (Phi) is 3.89. The maximum atomic E-state index is 9.32. The molecule has 0 spiro atoms. The summed E-state index contributed by atoms with van der Waals surface area (Å²) in [6.45, 7) is -0.166. The Morgan fingerprint density at radius 3 is 2.24 bits per heavy atom. The van der Waals surface area contributed by atoms with Crippen LogP contribution in [0, 0.1) is 0 Å². The highest BCUT2D eigenvalue weighted by molar-refractivity contribution is 6.35. The molecule has 0 aliphatic carbocycles. The van der Waals surface area contributed by atoms with Crippen molar-refractivity contribution in [2.75, 3.05) is 0 Å². The Morgan fingerprint density at radius 2 is 1.65 bits per heavy atom. The molecule has 1 aromatic heterocycles. The molecule has 0 aliphatic heterocycles. The lowest BCUT2D eigenvalue weighted by atomic mass is 10.0. The maximum Gasteiger partial charge on any atom is 0.0703 e. The molecule has 2 aromatic rings. The number of aliphatic hydroxyl groups excluding tert-OH is 1. The first-order chi connectivity index (χ1) is 8.11. The molecule has 2 nitrogen and oxygen atoms in total. The smallest absolute Gasteiger partial charge is 0.0703 e. The number of aliphatic hydroxyl groups is 1. The number of hydrogen-bond acceptors (Lipinski definition) is 2. The number of halogens is 3. The Labute approximate surface area is 114 Å². The van der Waals surface area contributed by atoms with Crippen LogP contribution in [-0.2, 0) is 6.61 Å². The Bertz CT molecular complexity index is 537. The Hall–Kier alpha value is -0.800. The minimum Gasteiger partial charge on any atom is -0.392 e. The predicted octanol–water partition coefficient (Wildman–Crippen LogP) is 4.20. The van der Waals surface area contributed by atoms with Gasteiger partial charge in [-0.3, -0.25) is 4.98 Å². The molecule has 0 atom stereocenters. The SMILES string of the molecule is OCc1c(Cl)cncc1-c1cc(Cl)cc(Cl)c1. The number of nitrogens with zero attached hydrogens (tertiary/aromatic N) is 1. The minimum absolute atomic E-state index is 0.166. The molecule has 1 N–H and O–H groups in total. The van der Waals surface area contributed by atoms with E-state index in [1.54, 1.807) is 24.4 Å². The van der Waals surface area contributed by atoms with Crippen molar-refractivity contribution in [1.29, 1.82) is 0 Å². The van der Waals surface area contributed by atoms with E-state index in [2.05, 4.69) is 4.98 Å². The maximum absolute atomic E-state index is 9.32. The molecule has 0 amide bonds. The highest BCUT2D eigenvalue weighted by Crippen LogP contribution is 2.31. The lowest BCUT2D eigenvalue weighted by Crippen LogP contribution is -1.92. The van der Waals surface area contributed by atoms with E-state index in [4.69, 9.17) is 34.8 Å². The molecule has 1 heterocycles. The van der Waals surface area contributed by atoms with E-state index in [1.807, 2.05) is 0 Å². The van der Waals surface area contributed by atoms with Crippen LogP contribution in [0.3, 0.4) is 0 Å². The molecule has 5 heteroatoms. The Balaban J connectivity index is 2.63. The monoisotopic (exact) mass is 287 g/mol. The van der Waals surface area contributed by atoms with Crippen LogP contribution in [0.5, 0.6) is 0 Å². The van der Waals surface area contributed by atoms with Gasteiger partial charge in [0.2, 0.25) is 0 Å². The van der Waals surface area contributed by atoms with Crippen LogP contribution in [0.25, 0.3) is 11.1 Å². The van der Waals surface area contributed by atoms with Gasteiger partial charge in [0.1, 0.15) is 0 Å². The minimum atomic E-state index is -0.166. The van der Waals surface area contributed by atoms with Crippen LogP contribution in [-0.4, -0.2) is 10.1 Å².